The van der Waals surface area contributed by atoms with Gasteiger partial charge in [0.1, 0.15) is 0 Å². The second-order valence-corrected chi connectivity index (χ2v) is 8.21. The van der Waals surface area contributed by atoms with Gasteiger partial charge in [-0.2, -0.15) is 0 Å². The molecular formula is C13H20Br2N2OS. The van der Waals surface area contributed by atoms with Crippen molar-refractivity contribution in [1.82, 2.24) is 4.90 Å². The van der Waals surface area contributed by atoms with Crippen molar-refractivity contribution < 1.29 is 4.74 Å². The highest BCUT2D eigenvalue weighted by atomic mass is 79.9. The van der Waals surface area contributed by atoms with Crippen LogP contribution in [0.25, 0.3) is 0 Å². The molecule has 1 aliphatic rings. The van der Waals surface area contributed by atoms with Gasteiger partial charge < -0.3 is 10.5 Å². The molecule has 108 valence electrons. The number of nitrogens with zero attached hydrogens (tertiary/aromatic N) is 1. The highest BCUT2D eigenvalue weighted by Crippen LogP contribution is 2.38. The van der Waals surface area contributed by atoms with Crippen LogP contribution in [0.2, 0.25) is 0 Å². The molecule has 0 saturated carbocycles. The number of rotatable bonds is 5. The largest absolute Gasteiger partial charge is 0.384 e. The fraction of sp³-hybridized carbons (Fsp3) is 0.692. The molecule has 0 amide bonds. The lowest BCUT2D eigenvalue weighted by Crippen LogP contribution is -2.40. The molecule has 6 heteroatoms. The van der Waals surface area contributed by atoms with Crippen molar-refractivity contribution in [2.24, 2.45) is 11.7 Å². The van der Waals surface area contributed by atoms with Gasteiger partial charge in [-0.05, 0) is 69.8 Å². The van der Waals surface area contributed by atoms with E-state index in [1.807, 2.05) is 0 Å². The number of thiophene rings is 1. The Morgan fingerprint density at radius 3 is 2.63 bits per heavy atom. The van der Waals surface area contributed by atoms with E-state index < -0.39 is 0 Å². The number of likely N-dealkylation sites (tertiary alicyclic amines) is 1. The number of halogens is 2. The summed E-state index contributed by atoms with van der Waals surface area (Å²) in [7, 11) is 1.79. The van der Waals surface area contributed by atoms with E-state index in [2.05, 4.69) is 42.8 Å². The van der Waals surface area contributed by atoms with Crippen molar-refractivity contribution in [2.45, 2.75) is 18.9 Å². The minimum absolute atomic E-state index is 0.344. The number of ether oxygens (including phenoxy) is 1. The molecule has 3 nitrogen and oxygen atoms in total. The van der Waals surface area contributed by atoms with E-state index in [4.69, 9.17) is 10.5 Å². The molecule has 0 aromatic carbocycles. The molecule has 0 aliphatic carbocycles. The van der Waals surface area contributed by atoms with Gasteiger partial charge in [-0.15, -0.1) is 11.3 Å². The highest BCUT2D eigenvalue weighted by Gasteiger charge is 2.26. The third-order valence-corrected chi connectivity index (χ3v) is 7.07. The van der Waals surface area contributed by atoms with E-state index in [-0.39, 0.29) is 0 Å². The summed E-state index contributed by atoms with van der Waals surface area (Å²) in [5, 5.41) is 0. The molecule has 0 spiro atoms. The smallest absolute Gasteiger partial charge is 0.0843 e. The Balaban J connectivity index is 1.99. The van der Waals surface area contributed by atoms with Crippen LogP contribution < -0.4 is 5.73 Å². The van der Waals surface area contributed by atoms with Gasteiger partial charge in [0.05, 0.1) is 9.83 Å². The molecule has 2 N–H and O–H groups in total. The zero-order chi connectivity index (χ0) is 13.8. The maximum absolute atomic E-state index is 6.00. The van der Waals surface area contributed by atoms with Crippen molar-refractivity contribution in [3.05, 3.63) is 19.2 Å². The van der Waals surface area contributed by atoms with Gasteiger partial charge in [0, 0.05) is 29.6 Å². The maximum Gasteiger partial charge on any atom is 0.0843 e. The summed E-state index contributed by atoms with van der Waals surface area (Å²) in [5.74, 6) is 0.710. The molecule has 2 heterocycles. The lowest BCUT2D eigenvalue weighted by Gasteiger charge is -2.36. The summed E-state index contributed by atoms with van der Waals surface area (Å²) in [6.07, 6.45) is 2.41. The second kappa shape index (κ2) is 7.52. The van der Waals surface area contributed by atoms with Crippen molar-refractivity contribution in [3.63, 3.8) is 0 Å². The standard InChI is InChI=1S/C13H20Br2N2OS/c1-18-8-9-2-4-17(5-3-9)11(7-16)12-6-10(14)13(15)19-12/h6,9,11H,2-5,7-8,16H2,1H3. The van der Waals surface area contributed by atoms with E-state index in [1.165, 1.54) is 17.7 Å². The van der Waals surface area contributed by atoms with E-state index in [0.29, 0.717) is 18.5 Å². The van der Waals surface area contributed by atoms with Crippen LogP contribution >= 0.6 is 43.2 Å². The molecular weight excluding hydrogens is 392 g/mol. The zero-order valence-electron chi connectivity index (χ0n) is 11.1. The molecule has 19 heavy (non-hydrogen) atoms. The van der Waals surface area contributed by atoms with Crippen LogP contribution in [0.3, 0.4) is 0 Å². The number of hydrogen-bond donors (Lipinski definition) is 1. The van der Waals surface area contributed by atoms with Gasteiger partial charge in [0.15, 0.2) is 0 Å². The van der Waals surface area contributed by atoms with E-state index in [9.17, 15) is 0 Å². The maximum atomic E-state index is 6.00. The summed E-state index contributed by atoms with van der Waals surface area (Å²) < 4.78 is 7.53. The first-order valence-electron chi connectivity index (χ1n) is 6.53. The van der Waals surface area contributed by atoms with Gasteiger partial charge in [-0.25, -0.2) is 0 Å². The van der Waals surface area contributed by atoms with Crippen LogP contribution in [0.4, 0.5) is 0 Å². The minimum Gasteiger partial charge on any atom is -0.384 e. The summed E-state index contributed by atoms with van der Waals surface area (Å²) in [6.45, 7) is 3.79. The molecule has 1 fully saturated rings. The van der Waals surface area contributed by atoms with Gasteiger partial charge in [0.25, 0.3) is 0 Å². The Labute approximate surface area is 135 Å². The first kappa shape index (κ1) is 15.9. The van der Waals surface area contributed by atoms with Crippen molar-refractivity contribution in [2.75, 3.05) is 33.4 Å². The van der Waals surface area contributed by atoms with Crippen LogP contribution in [0.5, 0.6) is 0 Å². The molecule has 1 atom stereocenters. The second-order valence-electron chi connectivity index (χ2n) is 4.96. The molecule has 1 aromatic rings. The highest BCUT2D eigenvalue weighted by molar-refractivity contribution is 9.13. The first-order chi connectivity index (χ1) is 9.15. The van der Waals surface area contributed by atoms with Gasteiger partial charge in [-0.1, -0.05) is 0 Å². The molecule has 0 radical (unpaired) electrons. The number of nitrogens with two attached hydrogens (primary N) is 1. The molecule has 2 rings (SSSR count). The van der Waals surface area contributed by atoms with Crippen molar-refractivity contribution in [3.8, 4) is 0 Å². The summed E-state index contributed by atoms with van der Waals surface area (Å²) in [4.78, 5) is 3.85. The van der Waals surface area contributed by atoms with Crippen LogP contribution in [0.1, 0.15) is 23.8 Å². The van der Waals surface area contributed by atoms with Gasteiger partial charge >= 0.3 is 0 Å². The lowest BCUT2D eigenvalue weighted by atomic mass is 9.96. The SMILES string of the molecule is COCC1CCN(C(CN)c2cc(Br)c(Br)s2)CC1. The van der Waals surface area contributed by atoms with E-state index in [0.717, 1.165) is 28.0 Å². The predicted molar refractivity (Wildman–Crippen MR) is 87.7 cm³/mol. The van der Waals surface area contributed by atoms with Crippen molar-refractivity contribution >= 4 is 43.2 Å². The molecule has 1 unspecified atom stereocenters. The van der Waals surface area contributed by atoms with E-state index >= 15 is 0 Å². The van der Waals surface area contributed by atoms with Crippen LogP contribution in [0, 0.1) is 5.92 Å². The minimum atomic E-state index is 0.344. The monoisotopic (exact) mass is 410 g/mol. The van der Waals surface area contributed by atoms with Gasteiger partial charge in [-0.3, -0.25) is 4.90 Å². The zero-order valence-corrected chi connectivity index (χ0v) is 15.1. The van der Waals surface area contributed by atoms with Crippen LogP contribution in [0.15, 0.2) is 14.3 Å². The number of methoxy groups -OCH3 is 1. The Kier molecular flexibility index (Phi) is 6.30. The fourth-order valence-electron chi connectivity index (χ4n) is 2.64. The number of piperidine rings is 1. The Bertz CT molecular complexity index is 386. The molecule has 1 aromatic heterocycles. The summed E-state index contributed by atoms with van der Waals surface area (Å²) >= 11 is 8.89. The Morgan fingerprint density at radius 2 is 2.16 bits per heavy atom. The van der Waals surface area contributed by atoms with Gasteiger partial charge in [0.2, 0.25) is 0 Å². The first-order valence-corrected chi connectivity index (χ1v) is 8.93. The average molecular weight is 412 g/mol. The lowest BCUT2D eigenvalue weighted by molar-refractivity contribution is 0.0818. The average Bonchev–Trinajstić information content (AvgIpc) is 2.73. The normalized spacial score (nSPS) is 19.8. The summed E-state index contributed by atoms with van der Waals surface area (Å²) in [6, 6.07) is 2.53. The Morgan fingerprint density at radius 1 is 1.47 bits per heavy atom. The molecule has 0 bridgehead atoms. The molecule has 1 aliphatic heterocycles. The molecule has 1 saturated heterocycles. The predicted octanol–water partition coefficient (Wildman–Crippen LogP) is 3.63. The quantitative estimate of drug-likeness (QED) is 0.803. The fourth-order valence-corrected chi connectivity index (χ4v) is 4.88. The van der Waals surface area contributed by atoms with Crippen molar-refractivity contribution in [1.29, 1.82) is 0 Å². The van der Waals surface area contributed by atoms with E-state index in [1.54, 1.807) is 18.4 Å². The Hall–Kier alpha value is 0.540. The summed E-state index contributed by atoms with van der Waals surface area (Å²) in [5.41, 5.74) is 6.00. The third-order valence-electron chi connectivity index (χ3n) is 3.71. The van der Waals surface area contributed by atoms with Crippen LogP contribution in [-0.2, 0) is 4.74 Å². The van der Waals surface area contributed by atoms with Crippen LogP contribution in [-0.4, -0.2) is 38.3 Å². The third kappa shape index (κ3) is 4.02. The topological polar surface area (TPSA) is 38.5 Å². The number of hydrogen-bond acceptors (Lipinski definition) is 4.